The third kappa shape index (κ3) is 5.07. The molecule has 5 nitrogen and oxygen atoms in total. The molecule has 2 aliphatic rings. The summed E-state index contributed by atoms with van der Waals surface area (Å²) in [5, 5.41) is 21.4. The lowest BCUT2D eigenvalue weighted by Crippen LogP contribution is -2.35. The smallest absolute Gasteiger partial charge is 0.0574 e. The van der Waals surface area contributed by atoms with E-state index in [1.165, 1.54) is 5.69 Å². The molecule has 20 heavy (non-hydrogen) atoms. The number of aliphatic hydroxyl groups excluding tert-OH is 2. The van der Waals surface area contributed by atoms with Gasteiger partial charge in [-0.25, -0.2) is 0 Å². The lowest BCUT2D eigenvalue weighted by Gasteiger charge is -2.31. The number of aromatic nitrogens is 1. The van der Waals surface area contributed by atoms with Crippen molar-refractivity contribution in [2.24, 2.45) is 0 Å². The van der Waals surface area contributed by atoms with E-state index >= 15 is 0 Å². The highest BCUT2D eigenvalue weighted by molar-refractivity contribution is 5.44. The predicted molar refractivity (Wildman–Crippen MR) is 79.8 cm³/mol. The average molecular weight is 279 g/mol. The van der Waals surface area contributed by atoms with E-state index in [9.17, 15) is 5.11 Å². The summed E-state index contributed by atoms with van der Waals surface area (Å²) >= 11 is 0. The summed E-state index contributed by atoms with van der Waals surface area (Å²) in [5.74, 6) is 0. The Balaban J connectivity index is 0.000000178. The summed E-state index contributed by atoms with van der Waals surface area (Å²) in [6.07, 6.45) is 7.10. The zero-order chi connectivity index (χ0) is 14.2. The van der Waals surface area contributed by atoms with Gasteiger partial charge in [0.25, 0.3) is 0 Å². The van der Waals surface area contributed by atoms with Crippen LogP contribution >= 0.6 is 0 Å². The Bertz CT molecular complexity index is 361. The molecule has 112 valence electrons. The predicted octanol–water partition coefficient (Wildman–Crippen LogP) is 0.773. The third-order valence-corrected chi connectivity index (χ3v) is 3.80. The first-order valence-corrected chi connectivity index (χ1v) is 7.47. The Morgan fingerprint density at radius 3 is 2.00 bits per heavy atom. The lowest BCUT2D eigenvalue weighted by atomic mass is 10.1. The first kappa shape index (κ1) is 15.2. The first-order chi connectivity index (χ1) is 9.75. The minimum atomic E-state index is -0.0990. The molecule has 2 aliphatic heterocycles. The Kier molecular flexibility index (Phi) is 6.24. The Morgan fingerprint density at radius 1 is 0.950 bits per heavy atom. The van der Waals surface area contributed by atoms with Gasteiger partial charge in [-0.15, -0.1) is 0 Å². The average Bonchev–Trinajstić information content (AvgIpc) is 2.50. The van der Waals surface area contributed by atoms with Crippen molar-refractivity contribution in [3.05, 3.63) is 24.5 Å². The molecule has 2 fully saturated rings. The van der Waals surface area contributed by atoms with E-state index in [0.717, 1.165) is 51.9 Å². The van der Waals surface area contributed by atoms with Crippen molar-refractivity contribution in [1.29, 1.82) is 0 Å². The van der Waals surface area contributed by atoms with E-state index in [0.29, 0.717) is 0 Å². The normalized spacial score (nSPS) is 21.2. The second-order valence-corrected chi connectivity index (χ2v) is 5.40. The summed E-state index contributed by atoms with van der Waals surface area (Å²) in [6, 6.07) is 4.02. The molecule has 0 radical (unpaired) electrons. The summed E-state index contributed by atoms with van der Waals surface area (Å²) < 4.78 is 0. The van der Waals surface area contributed by atoms with Crippen LogP contribution in [-0.2, 0) is 0 Å². The molecule has 0 amide bonds. The van der Waals surface area contributed by atoms with Crippen molar-refractivity contribution in [1.82, 2.24) is 10.3 Å². The molecule has 3 rings (SSSR count). The molecule has 0 saturated carbocycles. The van der Waals surface area contributed by atoms with Gasteiger partial charge in [0.1, 0.15) is 0 Å². The fourth-order valence-corrected chi connectivity index (χ4v) is 2.49. The van der Waals surface area contributed by atoms with Crippen LogP contribution in [0.3, 0.4) is 0 Å². The summed E-state index contributed by atoms with van der Waals surface area (Å²) in [6.45, 7) is 3.87. The van der Waals surface area contributed by atoms with Crippen molar-refractivity contribution < 1.29 is 10.2 Å². The zero-order valence-corrected chi connectivity index (χ0v) is 11.9. The number of rotatable bonds is 1. The molecule has 3 heterocycles. The van der Waals surface area contributed by atoms with Gasteiger partial charge in [0.15, 0.2) is 0 Å². The Labute approximate surface area is 120 Å². The first-order valence-electron chi connectivity index (χ1n) is 7.47. The number of hydrogen-bond donors (Lipinski definition) is 3. The highest BCUT2D eigenvalue weighted by atomic mass is 16.3. The molecule has 1 aromatic heterocycles. The largest absolute Gasteiger partial charge is 0.393 e. The van der Waals surface area contributed by atoms with Gasteiger partial charge >= 0.3 is 0 Å². The quantitative estimate of drug-likeness (QED) is 0.708. The molecule has 0 unspecified atom stereocenters. The fourth-order valence-electron chi connectivity index (χ4n) is 2.49. The van der Waals surface area contributed by atoms with Gasteiger partial charge in [0.05, 0.1) is 12.2 Å². The van der Waals surface area contributed by atoms with Crippen molar-refractivity contribution in [2.75, 3.05) is 31.1 Å². The molecule has 0 bridgehead atoms. The third-order valence-electron chi connectivity index (χ3n) is 3.80. The number of nitrogens with zero attached hydrogens (tertiary/aromatic N) is 2. The van der Waals surface area contributed by atoms with Crippen molar-refractivity contribution in [3.63, 3.8) is 0 Å². The standard InChI is InChI=1S/C10H14N2O.C5H11NO/c13-10-3-7-12(8-4-10)9-1-5-11-6-2-9;7-5-1-3-6-4-2-5/h1-2,5-6,10,13H,3-4,7-8H2;5-7H,1-4H2. The van der Waals surface area contributed by atoms with Gasteiger partial charge in [0.2, 0.25) is 0 Å². The molecule has 1 aromatic rings. The summed E-state index contributed by atoms with van der Waals surface area (Å²) in [4.78, 5) is 6.27. The van der Waals surface area contributed by atoms with Crippen LogP contribution in [0.5, 0.6) is 0 Å². The van der Waals surface area contributed by atoms with E-state index in [-0.39, 0.29) is 12.2 Å². The maximum absolute atomic E-state index is 9.33. The maximum Gasteiger partial charge on any atom is 0.0574 e. The van der Waals surface area contributed by atoms with Gasteiger partial charge in [-0.1, -0.05) is 0 Å². The summed E-state index contributed by atoms with van der Waals surface area (Å²) in [5.41, 5.74) is 1.21. The molecular weight excluding hydrogens is 254 g/mol. The highest BCUT2D eigenvalue weighted by Gasteiger charge is 2.16. The minimum absolute atomic E-state index is 0.0266. The number of pyridine rings is 1. The van der Waals surface area contributed by atoms with Crippen molar-refractivity contribution in [2.45, 2.75) is 37.9 Å². The van der Waals surface area contributed by atoms with Crippen molar-refractivity contribution >= 4 is 5.69 Å². The fraction of sp³-hybridized carbons (Fsp3) is 0.667. The van der Waals surface area contributed by atoms with Crippen LogP contribution in [0.4, 0.5) is 5.69 Å². The second-order valence-electron chi connectivity index (χ2n) is 5.40. The van der Waals surface area contributed by atoms with Gasteiger partial charge in [0, 0.05) is 31.2 Å². The SMILES string of the molecule is OC1CCN(c2ccncc2)CC1.OC1CCNCC1. The number of anilines is 1. The maximum atomic E-state index is 9.33. The van der Waals surface area contributed by atoms with Crippen LogP contribution in [0.1, 0.15) is 25.7 Å². The van der Waals surface area contributed by atoms with E-state index in [1.54, 1.807) is 12.4 Å². The molecule has 2 saturated heterocycles. The second kappa shape index (κ2) is 8.19. The van der Waals surface area contributed by atoms with Crippen molar-refractivity contribution in [3.8, 4) is 0 Å². The van der Waals surface area contributed by atoms with E-state index in [4.69, 9.17) is 5.11 Å². The molecule has 0 aromatic carbocycles. The van der Waals surface area contributed by atoms with E-state index in [2.05, 4.69) is 15.2 Å². The monoisotopic (exact) mass is 279 g/mol. The van der Waals surface area contributed by atoms with Crippen LogP contribution < -0.4 is 10.2 Å². The minimum Gasteiger partial charge on any atom is -0.393 e. The van der Waals surface area contributed by atoms with E-state index < -0.39 is 0 Å². The molecular formula is C15H25N3O2. The molecule has 0 spiro atoms. The van der Waals surface area contributed by atoms with Crippen LogP contribution in [0.15, 0.2) is 24.5 Å². The van der Waals surface area contributed by atoms with Crippen LogP contribution in [-0.4, -0.2) is 53.6 Å². The molecule has 5 heteroatoms. The molecule has 0 atom stereocenters. The highest BCUT2D eigenvalue weighted by Crippen LogP contribution is 2.18. The van der Waals surface area contributed by atoms with E-state index in [1.807, 2.05) is 12.1 Å². The Hall–Kier alpha value is -1.17. The number of aliphatic hydroxyl groups is 2. The Morgan fingerprint density at radius 2 is 1.50 bits per heavy atom. The molecule has 3 N–H and O–H groups in total. The summed E-state index contributed by atoms with van der Waals surface area (Å²) in [7, 11) is 0. The number of nitrogens with one attached hydrogen (secondary N) is 1. The van der Waals surface area contributed by atoms with Gasteiger partial charge < -0.3 is 20.4 Å². The van der Waals surface area contributed by atoms with Crippen LogP contribution in [0, 0.1) is 0 Å². The lowest BCUT2D eigenvalue weighted by molar-refractivity contribution is 0.137. The van der Waals surface area contributed by atoms with Gasteiger partial charge in [-0.05, 0) is 50.9 Å². The molecule has 0 aliphatic carbocycles. The number of piperidine rings is 2. The van der Waals surface area contributed by atoms with Crippen LogP contribution in [0.25, 0.3) is 0 Å². The van der Waals surface area contributed by atoms with Gasteiger partial charge in [-0.2, -0.15) is 0 Å². The van der Waals surface area contributed by atoms with Gasteiger partial charge in [-0.3, -0.25) is 4.98 Å². The zero-order valence-electron chi connectivity index (χ0n) is 11.9. The topological polar surface area (TPSA) is 68.6 Å². The number of hydrogen-bond acceptors (Lipinski definition) is 5. The van der Waals surface area contributed by atoms with Crippen LogP contribution in [0.2, 0.25) is 0 Å².